The molecule has 0 radical (unpaired) electrons. The van der Waals surface area contributed by atoms with Gasteiger partial charge in [-0.3, -0.25) is 15.2 Å². The number of carbonyl (C=O) groups excluding carboxylic acids is 1. The molecule has 0 aliphatic heterocycles. The van der Waals surface area contributed by atoms with Crippen molar-refractivity contribution in [1.82, 2.24) is 15.2 Å². The SMILES string of the molecule is COc1ccc(Cl)cc1C(=O)Nc1n[nH]c(C)n1. The zero-order chi connectivity index (χ0) is 13.1. The number of rotatable bonds is 3. The molecule has 0 fully saturated rings. The molecule has 0 aliphatic carbocycles. The average Bonchev–Trinajstić information content (AvgIpc) is 2.74. The van der Waals surface area contributed by atoms with Gasteiger partial charge in [0.2, 0.25) is 5.95 Å². The van der Waals surface area contributed by atoms with E-state index in [1.165, 1.54) is 13.2 Å². The highest BCUT2D eigenvalue weighted by Crippen LogP contribution is 2.23. The Labute approximate surface area is 108 Å². The van der Waals surface area contributed by atoms with Crippen LogP contribution in [0.2, 0.25) is 5.02 Å². The number of aryl methyl sites for hydroxylation is 1. The fourth-order valence-corrected chi connectivity index (χ4v) is 1.60. The molecule has 6 nitrogen and oxygen atoms in total. The molecule has 1 heterocycles. The van der Waals surface area contributed by atoms with E-state index in [-0.39, 0.29) is 11.9 Å². The van der Waals surface area contributed by atoms with E-state index in [4.69, 9.17) is 16.3 Å². The molecule has 0 saturated heterocycles. The number of carbonyl (C=O) groups is 1. The van der Waals surface area contributed by atoms with Crippen LogP contribution in [-0.4, -0.2) is 28.2 Å². The molecule has 2 N–H and O–H groups in total. The average molecular weight is 267 g/mol. The van der Waals surface area contributed by atoms with Crippen LogP contribution in [0.1, 0.15) is 16.2 Å². The smallest absolute Gasteiger partial charge is 0.261 e. The predicted molar refractivity (Wildman–Crippen MR) is 67.1 cm³/mol. The van der Waals surface area contributed by atoms with Gasteiger partial charge in [-0.1, -0.05) is 11.6 Å². The molecule has 7 heteroatoms. The molecule has 1 aromatic carbocycles. The number of aromatic nitrogens is 3. The quantitative estimate of drug-likeness (QED) is 0.891. The summed E-state index contributed by atoms with van der Waals surface area (Å²) in [5, 5.41) is 9.45. The normalized spacial score (nSPS) is 10.2. The highest BCUT2D eigenvalue weighted by molar-refractivity contribution is 6.31. The Balaban J connectivity index is 2.25. The number of amides is 1. The van der Waals surface area contributed by atoms with Crippen LogP contribution in [-0.2, 0) is 0 Å². The fourth-order valence-electron chi connectivity index (χ4n) is 1.43. The molecule has 0 saturated carbocycles. The van der Waals surface area contributed by atoms with Crippen LogP contribution < -0.4 is 10.1 Å². The van der Waals surface area contributed by atoms with E-state index in [0.717, 1.165) is 0 Å². The van der Waals surface area contributed by atoms with Crippen molar-refractivity contribution in [3.63, 3.8) is 0 Å². The first kappa shape index (κ1) is 12.4. The molecule has 0 bridgehead atoms. The Kier molecular flexibility index (Phi) is 3.47. The predicted octanol–water partition coefficient (Wildman–Crippen LogP) is 2.03. The Morgan fingerprint density at radius 3 is 2.89 bits per heavy atom. The Bertz CT molecular complexity index is 582. The van der Waals surface area contributed by atoms with E-state index in [9.17, 15) is 4.79 Å². The van der Waals surface area contributed by atoms with Crippen molar-refractivity contribution >= 4 is 23.5 Å². The minimum Gasteiger partial charge on any atom is -0.496 e. The lowest BCUT2D eigenvalue weighted by atomic mass is 10.2. The van der Waals surface area contributed by atoms with Crippen LogP contribution in [0.15, 0.2) is 18.2 Å². The van der Waals surface area contributed by atoms with Gasteiger partial charge in [0.25, 0.3) is 5.91 Å². The number of hydrogen-bond donors (Lipinski definition) is 2. The van der Waals surface area contributed by atoms with Gasteiger partial charge in [-0.25, -0.2) is 0 Å². The second-order valence-electron chi connectivity index (χ2n) is 3.54. The van der Waals surface area contributed by atoms with E-state index >= 15 is 0 Å². The van der Waals surface area contributed by atoms with Crippen molar-refractivity contribution in [2.45, 2.75) is 6.92 Å². The first-order valence-electron chi connectivity index (χ1n) is 5.14. The van der Waals surface area contributed by atoms with Crippen LogP contribution in [0.5, 0.6) is 5.75 Å². The molecule has 0 spiro atoms. The number of nitrogens with one attached hydrogen (secondary N) is 2. The molecule has 18 heavy (non-hydrogen) atoms. The fraction of sp³-hybridized carbons (Fsp3) is 0.182. The van der Waals surface area contributed by atoms with Crippen LogP contribution >= 0.6 is 11.6 Å². The van der Waals surface area contributed by atoms with Crippen molar-refractivity contribution in [3.8, 4) is 5.75 Å². The van der Waals surface area contributed by atoms with E-state index < -0.39 is 0 Å². The number of benzene rings is 1. The van der Waals surface area contributed by atoms with Gasteiger partial charge in [0.05, 0.1) is 12.7 Å². The standard InChI is InChI=1S/C11H11ClN4O2/c1-6-13-11(16-15-6)14-10(17)8-5-7(12)3-4-9(8)18-2/h3-5H,1-2H3,(H2,13,14,15,16,17). The zero-order valence-corrected chi connectivity index (χ0v) is 10.6. The Hall–Kier alpha value is -2.08. The van der Waals surface area contributed by atoms with Crippen molar-refractivity contribution in [1.29, 1.82) is 0 Å². The number of hydrogen-bond acceptors (Lipinski definition) is 4. The molecule has 2 aromatic rings. The number of H-pyrrole nitrogens is 1. The van der Waals surface area contributed by atoms with Crippen molar-refractivity contribution < 1.29 is 9.53 Å². The van der Waals surface area contributed by atoms with Gasteiger partial charge >= 0.3 is 0 Å². The van der Waals surface area contributed by atoms with Gasteiger partial charge in [-0.2, -0.15) is 4.98 Å². The summed E-state index contributed by atoms with van der Waals surface area (Å²) in [6, 6.07) is 4.80. The molecule has 0 aliphatic rings. The molecule has 1 aromatic heterocycles. The minimum absolute atomic E-state index is 0.208. The summed E-state index contributed by atoms with van der Waals surface area (Å²) >= 11 is 5.85. The van der Waals surface area contributed by atoms with Crippen LogP contribution in [0, 0.1) is 6.92 Å². The summed E-state index contributed by atoms with van der Waals surface area (Å²) in [6.45, 7) is 1.74. The second-order valence-corrected chi connectivity index (χ2v) is 3.98. The lowest BCUT2D eigenvalue weighted by Gasteiger charge is -2.07. The zero-order valence-electron chi connectivity index (χ0n) is 9.82. The van der Waals surface area contributed by atoms with Crippen molar-refractivity contribution in [2.75, 3.05) is 12.4 Å². The summed E-state index contributed by atoms with van der Waals surface area (Å²) in [5.41, 5.74) is 0.326. The van der Waals surface area contributed by atoms with Crippen LogP contribution in [0.3, 0.4) is 0 Å². The summed E-state index contributed by atoms with van der Waals surface area (Å²) < 4.78 is 5.10. The Morgan fingerprint density at radius 1 is 1.50 bits per heavy atom. The maximum atomic E-state index is 12.0. The molecule has 2 rings (SSSR count). The number of aromatic amines is 1. The van der Waals surface area contributed by atoms with Gasteiger partial charge in [0, 0.05) is 5.02 Å². The van der Waals surface area contributed by atoms with Crippen LogP contribution in [0.25, 0.3) is 0 Å². The molecule has 0 atom stereocenters. The summed E-state index contributed by atoms with van der Waals surface area (Å²) in [5.74, 6) is 0.875. The van der Waals surface area contributed by atoms with Crippen molar-refractivity contribution in [2.24, 2.45) is 0 Å². The highest BCUT2D eigenvalue weighted by Gasteiger charge is 2.14. The van der Waals surface area contributed by atoms with Gasteiger partial charge in [0.15, 0.2) is 0 Å². The third-order valence-corrected chi connectivity index (χ3v) is 2.46. The minimum atomic E-state index is -0.381. The maximum absolute atomic E-state index is 12.0. The topological polar surface area (TPSA) is 79.9 Å². The van der Waals surface area contributed by atoms with E-state index in [1.54, 1.807) is 19.1 Å². The first-order valence-corrected chi connectivity index (χ1v) is 5.52. The first-order chi connectivity index (χ1) is 8.60. The molecular formula is C11H11ClN4O2. The maximum Gasteiger partial charge on any atom is 0.261 e. The summed E-state index contributed by atoms with van der Waals surface area (Å²) in [6.07, 6.45) is 0. The number of anilines is 1. The second kappa shape index (κ2) is 5.05. The molecule has 94 valence electrons. The third kappa shape index (κ3) is 2.60. The molecular weight excluding hydrogens is 256 g/mol. The number of halogens is 1. The number of nitrogens with zero attached hydrogens (tertiary/aromatic N) is 2. The largest absolute Gasteiger partial charge is 0.496 e. The number of ether oxygens (including phenoxy) is 1. The van der Waals surface area contributed by atoms with Gasteiger partial charge < -0.3 is 4.74 Å². The van der Waals surface area contributed by atoms with Crippen LogP contribution in [0.4, 0.5) is 5.95 Å². The Morgan fingerprint density at radius 2 is 2.28 bits per heavy atom. The van der Waals surface area contributed by atoms with Gasteiger partial charge in [0.1, 0.15) is 11.6 Å². The van der Waals surface area contributed by atoms with E-state index in [2.05, 4.69) is 20.5 Å². The molecule has 0 unspecified atom stereocenters. The van der Waals surface area contributed by atoms with Gasteiger partial charge in [-0.15, -0.1) is 5.10 Å². The molecule has 1 amide bonds. The van der Waals surface area contributed by atoms with Crippen molar-refractivity contribution in [3.05, 3.63) is 34.6 Å². The highest BCUT2D eigenvalue weighted by atomic mass is 35.5. The monoisotopic (exact) mass is 266 g/mol. The summed E-state index contributed by atoms with van der Waals surface area (Å²) in [4.78, 5) is 16.0. The van der Waals surface area contributed by atoms with Gasteiger partial charge in [-0.05, 0) is 25.1 Å². The lowest BCUT2D eigenvalue weighted by Crippen LogP contribution is -2.14. The lowest BCUT2D eigenvalue weighted by molar-refractivity contribution is 0.102. The van der Waals surface area contributed by atoms with E-state index in [0.29, 0.717) is 22.2 Å². The summed E-state index contributed by atoms with van der Waals surface area (Å²) in [7, 11) is 1.48. The number of methoxy groups -OCH3 is 1. The third-order valence-electron chi connectivity index (χ3n) is 2.23. The van der Waals surface area contributed by atoms with E-state index in [1.807, 2.05) is 0 Å².